The number of nitrogens with one attached hydrogen (secondary N) is 1. The van der Waals surface area contributed by atoms with Gasteiger partial charge in [-0.25, -0.2) is 10.8 Å². The van der Waals surface area contributed by atoms with Crippen molar-refractivity contribution in [2.45, 2.75) is 0 Å². The van der Waals surface area contributed by atoms with Gasteiger partial charge in [0.1, 0.15) is 11.6 Å². The first kappa shape index (κ1) is 16.1. The summed E-state index contributed by atoms with van der Waals surface area (Å²) in [4.78, 5) is 16.5. The van der Waals surface area contributed by atoms with Gasteiger partial charge in [-0.3, -0.25) is 10.1 Å². The Morgan fingerprint density at radius 3 is 2.40 bits per heavy atom. The lowest BCUT2D eigenvalue weighted by molar-refractivity contribution is -0.384. The number of nitrogens with two attached hydrogens (primary N) is 1. The average molecular weight is 285 g/mol. The van der Waals surface area contributed by atoms with E-state index in [1.165, 1.54) is 12.1 Å². The number of rotatable bonds is 9. The van der Waals surface area contributed by atoms with Crippen molar-refractivity contribution in [1.82, 2.24) is 4.98 Å². The summed E-state index contributed by atoms with van der Waals surface area (Å²) >= 11 is 0. The van der Waals surface area contributed by atoms with E-state index in [4.69, 9.17) is 15.3 Å². The number of hydrogen-bond donors (Lipinski definition) is 2. The Labute approximate surface area is 116 Å². The van der Waals surface area contributed by atoms with Crippen molar-refractivity contribution in [2.75, 3.05) is 50.8 Å². The Balaban J connectivity index is 3.02. The Hall–Kier alpha value is -1.97. The molecule has 0 bridgehead atoms. The number of methoxy groups -OCH3 is 2. The standard InChI is InChI=1S/C11H19N5O4/c1-19-5-3-15(4-6-20-2)11-8-9(16(17)18)7-10(13-11)14-12/h7-8H,3-6,12H2,1-2H3,(H,13,14). The van der Waals surface area contributed by atoms with Crippen LogP contribution >= 0.6 is 0 Å². The van der Waals surface area contributed by atoms with Gasteiger partial charge in [-0.05, 0) is 0 Å². The molecule has 0 aliphatic carbocycles. The van der Waals surface area contributed by atoms with E-state index in [-0.39, 0.29) is 11.5 Å². The largest absolute Gasteiger partial charge is 0.383 e. The zero-order valence-corrected chi connectivity index (χ0v) is 11.5. The van der Waals surface area contributed by atoms with E-state index >= 15 is 0 Å². The lowest BCUT2D eigenvalue weighted by atomic mass is 10.3. The molecule has 1 heterocycles. The Bertz CT molecular complexity index is 435. The van der Waals surface area contributed by atoms with Gasteiger partial charge in [0, 0.05) is 27.3 Å². The maximum Gasteiger partial charge on any atom is 0.276 e. The predicted octanol–water partition coefficient (Wildman–Crippen LogP) is 0.375. The first-order valence-corrected chi connectivity index (χ1v) is 5.98. The van der Waals surface area contributed by atoms with Gasteiger partial charge in [-0.15, -0.1) is 0 Å². The first-order chi connectivity index (χ1) is 9.62. The lowest BCUT2D eigenvalue weighted by Crippen LogP contribution is -2.31. The molecule has 20 heavy (non-hydrogen) atoms. The Kier molecular flexibility index (Phi) is 6.64. The molecule has 1 aromatic heterocycles. The highest BCUT2D eigenvalue weighted by molar-refractivity contribution is 5.55. The summed E-state index contributed by atoms with van der Waals surface area (Å²) in [6.45, 7) is 2.02. The zero-order chi connectivity index (χ0) is 15.0. The minimum atomic E-state index is -0.489. The summed E-state index contributed by atoms with van der Waals surface area (Å²) in [6, 6.07) is 2.67. The van der Waals surface area contributed by atoms with E-state index in [2.05, 4.69) is 10.4 Å². The summed E-state index contributed by atoms with van der Waals surface area (Å²) in [7, 11) is 3.17. The molecule has 0 radical (unpaired) electrons. The van der Waals surface area contributed by atoms with Crippen molar-refractivity contribution in [3.05, 3.63) is 22.2 Å². The molecule has 0 saturated carbocycles. The average Bonchev–Trinajstić information content (AvgIpc) is 2.46. The molecular formula is C11H19N5O4. The van der Waals surface area contributed by atoms with Crippen molar-refractivity contribution < 1.29 is 14.4 Å². The fourth-order valence-corrected chi connectivity index (χ4v) is 1.59. The van der Waals surface area contributed by atoms with Crippen LogP contribution in [0.3, 0.4) is 0 Å². The van der Waals surface area contributed by atoms with Gasteiger partial charge in [-0.2, -0.15) is 0 Å². The third-order valence-corrected chi connectivity index (χ3v) is 2.61. The summed E-state index contributed by atoms with van der Waals surface area (Å²) in [5.74, 6) is 5.96. The SMILES string of the molecule is COCCN(CCOC)c1cc([N+](=O)[O-])cc(NN)n1. The molecule has 0 amide bonds. The molecule has 0 saturated heterocycles. The molecule has 3 N–H and O–H groups in total. The van der Waals surface area contributed by atoms with E-state index in [9.17, 15) is 10.1 Å². The van der Waals surface area contributed by atoms with Crippen LogP contribution in [-0.4, -0.2) is 50.4 Å². The van der Waals surface area contributed by atoms with Gasteiger partial charge >= 0.3 is 0 Å². The monoisotopic (exact) mass is 285 g/mol. The maximum atomic E-state index is 10.9. The van der Waals surface area contributed by atoms with Crippen molar-refractivity contribution in [3.8, 4) is 0 Å². The summed E-state index contributed by atoms with van der Waals surface area (Å²) in [5.41, 5.74) is 2.24. The Morgan fingerprint density at radius 2 is 1.95 bits per heavy atom. The topological polar surface area (TPSA) is 116 Å². The molecule has 0 unspecified atom stereocenters. The molecule has 0 aromatic carbocycles. The van der Waals surface area contributed by atoms with Crippen molar-refractivity contribution >= 4 is 17.3 Å². The number of anilines is 2. The highest BCUT2D eigenvalue weighted by Crippen LogP contribution is 2.22. The van der Waals surface area contributed by atoms with Crippen LogP contribution in [0.2, 0.25) is 0 Å². The third-order valence-electron chi connectivity index (χ3n) is 2.61. The van der Waals surface area contributed by atoms with Crippen LogP contribution in [0.1, 0.15) is 0 Å². The lowest BCUT2D eigenvalue weighted by Gasteiger charge is -2.23. The first-order valence-electron chi connectivity index (χ1n) is 5.98. The van der Waals surface area contributed by atoms with Crippen LogP contribution < -0.4 is 16.2 Å². The second-order valence-electron chi connectivity index (χ2n) is 3.94. The molecule has 9 heteroatoms. The van der Waals surface area contributed by atoms with E-state index in [1.807, 2.05) is 4.90 Å². The number of hydrogen-bond acceptors (Lipinski definition) is 8. The minimum absolute atomic E-state index is 0.0808. The van der Waals surface area contributed by atoms with Crippen LogP contribution in [0.4, 0.5) is 17.3 Å². The van der Waals surface area contributed by atoms with E-state index < -0.39 is 4.92 Å². The normalized spacial score (nSPS) is 10.3. The zero-order valence-electron chi connectivity index (χ0n) is 11.5. The summed E-state index contributed by atoms with van der Waals surface area (Å²) < 4.78 is 10.0. The van der Waals surface area contributed by atoms with Gasteiger partial charge < -0.3 is 19.8 Å². The number of aromatic nitrogens is 1. The van der Waals surface area contributed by atoms with Crippen molar-refractivity contribution in [3.63, 3.8) is 0 Å². The second-order valence-corrected chi connectivity index (χ2v) is 3.94. The van der Waals surface area contributed by atoms with Gasteiger partial charge in [0.05, 0.1) is 30.3 Å². The van der Waals surface area contributed by atoms with Crippen molar-refractivity contribution in [2.24, 2.45) is 5.84 Å². The number of ether oxygens (including phenoxy) is 2. The van der Waals surface area contributed by atoms with E-state index in [0.717, 1.165) is 0 Å². The maximum absolute atomic E-state index is 10.9. The smallest absolute Gasteiger partial charge is 0.276 e. The van der Waals surface area contributed by atoms with Gasteiger partial charge in [0.2, 0.25) is 0 Å². The van der Waals surface area contributed by atoms with E-state index in [1.54, 1.807) is 14.2 Å². The molecule has 0 fully saturated rings. The number of nitro groups is 1. The summed E-state index contributed by atoms with van der Waals surface area (Å²) in [5, 5.41) is 10.9. The molecule has 0 atom stereocenters. The highest BCUT2D eigenvalue weighted by Gasteiger charge is 2.15. The van der Waals surface area contributed by atoms with Crippen LogP contribution in [0.25, 0.3) is 0 Å². The number of hydrazine groups is 1. The predicted molar refractivity (Wildman–Crippen MR) is 74.7 cm³/mol. The fraction of sp³-hybridized carbons (Fsp3) is 0.545. The molecular weight excluding hydrogens is 266 g/mol. The molecule has 0 aliphatic rings. The second kappa shape index (κ2) is 8.25. The van der Waals surface area contributed by atoms with E-state index in [0.29, 0.717) is 32.1 Å². The Morgan fingerprint density at radius 1 is 1.35 bits per heavy atom. The molecule has 0 aliphatic heterocycles. The fourth-order valence-electron chi connectivity index (χ4n) is 1.59. The van der Waals surface area contributed by atoms with Crippen LogP contribution in [0, 0.1) is 10.1 Å². The van der Waals surface area contributed by atoms with Gasteiger partial charge in [0.15, 0.2) is 0 Å². The molecule has 1 rings (SSSR count). The van der Waals surface area contributed by atoms with Crippen LogP contribution in [-0.2, 0) is 9.47 Å². The molecule has 9 nitrogen and oxygen atoms in total. The highest BCUT2D eigenvalue weighted by atomic mass is 16.6. The summed E-state index contributed by atoms with van der Waals surface area (Å²) in [6.07, 6.45) is 0. The quantitative estimate of drug-likeness (QED) is 0.380. The van der Waals surface area contributed by atoms with Gasteiger partial charge in [-0.1, -0.05) is 0 Å². The van der Waals surface area contributed by atoms with Crippen LogP contribution in [0.5, 0.6) is 0 Å². The molecule has 0 spiro atoms. The van der Waals surface area contributed by atoms with Gasteiger partial charge in [0.25, 0.3) is 5.69 Å². The third kappa shape index (κ3) is 4.61. The molecule has 112 valence electrons. The van der Waals surface area contributed by atoms with Crippen LogP contribution in [0.15, 0.2) is 12.1 Å². The minimum Gasteiger partial charge on any atom is -0.383 e. The van der Waals surface area contributed by atoms with Crippen molar-refractivity contribution in [1.29, 1.82) is 0 Å². The number of nitrogens with zero attached hydrogens (tertiary/aromatic N) is 3. The molecule has 1 aromatic rings. The number of pyridine rings is 1. The number of nitrogen functional groups attached to an aromatic ring is 1.